The van der Waals surface area contributed by atoms with Gasteiger partial charge in [-0.05, 0) is 50.8 Å². The predicted octanol–water partition coefficient (Wildman–Crippen LogP) is 3.20. The molecule has 1 aromatic rings. The van der Waals surface area contributed by atoms with Gasteiger partial charge in [0.2, 0.25) is 0 Å². The quantitative estimate of drug-likeness (QED) is 0.793. The molecule has 0 saturated carbocycles. The van der Waals surface area contributed by atoms with Gasteiger partial charge in [0, 0.05) is 18.3 Å². The first kappa shape index (κ1) is 12.4. The van der Waals surface area contributed by atoms with E-state index in [0.717, 1.165) is 18.2 Å². The number of hydrogen-bond donors (Lipinski definition) is 1. The second-order valence-electron chi connectivity index (χ2n) is 5.65. The van der Waals surface area contributed by atoms with Crippen LogP contribution in [0.3, 0.4) is 0 Å². The minimum Gasteiger partial charge on any atom is -0.398 e. The highest BCUT2D eigenvalue weighted by Gasteiger charge is 2.23. The highest BCUT2D eigenvalue weighted by Crippen LogP contribution is 2.25. The van der Waals surface area contributed by atoms with Crippen molar-refractivity contribution in [1.82, 2.24) is 4.90 Å². The molecule has 0 aromatic heterocycles. The van der Waals surface area contributed by atoms with Gasteiger partial charge >= 0.3 is 0 Å². The van der Waals surface area contributed by atoms with E-state index in [9.17, 15) is 0 Å². The summed E-state index contributed by atoms with van der Waals surface area (Å²) in [7, 11) is 0. The van der Waals surface area contributed by atoms with Gasteiger partial charge in [-0.3, -0.25) is 4.90 Å². The molecule has 1 fully saturated rings. The van der Waals surface area contributed by atoms with Crippen LogP contribution in [0.2, 0.25) is 0 Å². The van der Waals surface area contributed by atoms with Gasteiger partial charge in [0.05, 0.1) is 0 Å². The summed E-state index contributed by atoms with van der Waals surface area (Å²) in [6.45, 7) is 9.03. The first-order chi connectivity index (χ1) is 8.06. The molecule has 0 bridgehead atoms. The van der Waals surface area contributed by atoms with Gasteiger partial charge in [-0.25, -0.2) is 0 Å². The van der Waals surface area contributed by atoms with Crippen molar-refractivity contribution in [2.24, 2.45) is 5.92 Å². The summed E-state index contributed by atoms with van der Waals surface area (Å²) in [6, 6.07) is 7.02. The Bertz CT molecular complexity index is 387. The molecule has 2 rings (SSSR count). The van der Waals surface area contributed by atoms with Crippen molar-refractivity contribution < 1.29 is 0 Å². The molecule has 1 aliphatic heterocycles. The van der Waals surface area contributed by atoms with Crippen LogP contribution < -0.4 is 5.73 Å². The van der Waals surface area contributed by atoms with Crippen LogP contribution in [0.5, 0.6) is 0 Å². The molecular weight excluding hydrogens is 208 g/mol. The van der Waals surface area contributed by atoms with Crippen molar-refractivity contribution in [1.29, 1.82) is 0 Å². The summed E-state index contributed by atoms with van der Waals surface area (Å²) in [4.78, 5) is 2.56. The van der Waals surface area contributed by atoms with Gasteiger partial charge in [0.1, 0.15) is 0 Å². The van der Waals surface area contributed by atoms with Crippen molar-refractivity contribution in [3.63, 3.8) is 0 Å². The van der Waals surface area contributed by atoms with E-state index < -0.39 is 0 Å². The summed E-state index contributed by atoms with van der Waals surface area (Å²) in [5.74, 6) is 0.871. The average molecular weight is 232 g/mol. The molecular formula is C15H24N2. The largest absolute Gasteiger partial charge is 0.398 e. The van der Waals surface area contributed by atoms with E-state index in [1.807, 2.05) is 6.07 Å². The fourth-order valence-electron chi connectivity index (χ4n) is 2.78. The lowest BCUT2D eigenvalue weighted by Gasteiger charge is -2.36. The smallest absolute Gasteiger partial charge is 0.0359 e. The number of nitrogen functional groups attached to an aromatic ring is 1. The Kier molecular flexibility index (Phi) is 3.72. The third kappa shape index (κ3) is 3.01. The van der Waals surface area contributed by atoms with E-state index in [0.29, 0.717) is 6.04 Å². The summed E-state index contributed by atoms with van der Waals surface area (Å²) < 4.78 is 0. The van der Waals surface area contributed by atoms with Crippen LogP contribution in [0.25, 0.3) is 0 Å². The molecule has 2 N–H and O–H groups in total. The third-order valence-corrected chi connectivity index (χ3v) is 3.95. The molecule has 1 aliphatic rings. The van der Waals surface area contributed by atoms with Crippen LogP contribution in [0.1, 0.15) is 37.8 Å². The van der Waals surface area contributed by atoms with Gasteiger partial charge in [-0.15, -0.1) is 0 Å². The molecule has 2 atom stereocenters. The number of hydrogen-bond acceptors (Lipinski definition) is 2. The fourth-order valence-corrected chi connectivity index (χ4v) is 2.78. The average Bonchev–Trinajstić information content (AvgIpc) is 2.27. The molecule has 2 unspecified atom stereocenters. The monoisotopic (exact) mass is 232 g/mol. The molecule has 1 saturated heterocycles. The first-order valence-electron chi connectivity index (χ1n) is 6.65. The molecule has 2 heteroatoms. The summed E-state index contributed by atoms with van der Waals surface area (Å²) in [5.41, 5.74) is 9.57. The third-order valence-electron chi connectivity index (χ3n) is 3.95. The Morgan fingerprint density at radius 3 is 2.82 bits per heavy atom. The number of rotatable bonds is 2. The van der Waals surface area contributed by atoms with Gasteiger partial charge in [0.15, 0.2) is 0 Å². The zero-order valence-corrected chi connectivity index (χ0v) is 11.2. The molecule has 17 heavy (non-hydrogen) atoms. The van der Waals surface area contributed by atoms with Crippen molar-refractivity contribution in [3.8, 4) is 0 Å². The summed E-state index contributed by atoms with van der Waals surface area (Å²) >= 11 is 0. The minimum atomic E-state index is 0.679. The molecule has 0 radical (unpaired) electrons. The van der Waals surface area contributed by atoms with Gasteiger partial charge < -0.3 is 5.73 Å². The SMILES string of the molecule is Cc1ccc(N)c(CN2CCC(C)CC2C)c1. The van der Waals surface area contributed by atoms with Gasteiger partial charge in [-0.2, -0.15) is 0 Å². The number of nitrogens with zero attached hydrogens (tertiary/aromatic N) is 1. The molecule has 0 spiro atoms. The minimum absolute atomic E-state index is 0.679. The Hall–Kier alpha value is -1.02. The normalized spacial score (nSPS) is 26.1. The summed E-state index contributed by atoms with van der Waals surface area (Å²) in [5, 5.41) is 0. The predicted molar refractivity (Wildman–Crippen MR) is 73.9 cm³/mol. The molecule has 1 heterocycles. The van der Waals surface area contributed by atoms with Crippen molar-refractivity contribution in [2.45, 2.75) is 46.2 Å². The summed E-state index contributed by atoms with van der Waals surface area (Å²) in [6.07, 6.45) is 2.63. The van der Waals surface area contributed by atoms with Crippen molar-refractivity contribution in [2.75, 3.05) is 12.3 Å². The van der Waals surface area contributed by atoms with Crippen molar-refractivity contribution in [3.05, 3.63) is 29.3 Å². The van der Waals surface area contributed by atoms with Crippen molar-refractivity contribution >= 4 is 5.69 Å². The maximum absolute atomic E-state index is 6.05. The molecule has 1 aromatic carbocycles. The molecule has 94 valence electrons. The second-order valence-corrected chi connectivity index (χ2v) is 5.65. The first-order valence-corrected chi connectivity index (χ1v) is 6.65. The Balaban J connectivity index is 2.07. The van der Waals surface area contributed by atoms with Crippen LogP contribution in [0.4, 0.5) is 5.69 Å². The maximum atomic E-state index is 6.05. The maximum Gasteiger partial charge on any atom is 0.0359 e. The van der Waals surface area contributed by atoms with Crippen LogP contribution in [-0.2, 0) is 6.54 Å². The number of benzene rings is 1. The van der Waals surface area contributed by atoms with E-state index in [1.54, 1.807) is 0 Å². The van der Waals surface area contributed by atoms with E-state index in [-0.39, 0.29) is 0 Å². The number of piperidine rings is 1. The van der Waals surface area contributed by atoms with Crippen LogP contribution >= 0.6 is 0 Å². The zero-order chi connectivity index (χ0) is 12.4. The lowest BCUT2D eigenvalue weighted by Crippen LogP contribution is -2.39. The Morgan fingerprint density at radius 2 is 2.12 bits per heavy atom. The lowest BCUT2D eigenvalue weighted by molar-refractivity contribution is 0.122. The fraction of sp³-hybridized carbons (Fsp3) is 0.600. The van der Waals surface area contributed by atoms with Crippen LogP contribution in [-0.4, -0.2) is 17.5 Å². The molecule has 2 nitrogen and oxygen atoms in total. The highest BCUT2D eigenvalue weighted by molar-refractivity contribution is 5.48. The van der Waals surface area contributed by atoms with E-state index in [4.69, 9.17) is 5.73 Å². The van der Waals surface area contributed by atoms with E-state index >= 15 is 0 Å². The van der Waals surface area contributed by atoms with Crippen LogP contribution in [0, 0.1) is 12.8 Å². The zero-order valence-electron chi connectivity index (χ0n) is 11.2. The lowest BCUT2D eigenvalue weighted by atomic mass is 9.93. The molecule has 0 aliphatic carbocycles. The van der Waals surface area contributed by atoms with E-state index in [1.165, 1.54) is 30.5 Å². The Labute approximate surface area is 105 Å². The number of anilines is 1. The number of aryl methyl sites for hydroxylation is 1. The van der Waals surface area contributed by atoms with E-state index in [2.05, 4.69) is 37.8 Å². The second kappa shape index (κ2) is 5.09. The topological polar surface area (TPSA) is 29.3 Å². The van der Waals surface area contributed by atoms with Gasteiger partial charge in [-0.1, -0.05) is 24.6 Å². The Morgan fingerprint density at radius 1 is 1.35 bits per heavy atom. The molecule has 0 amide bonds. The number of likely N-dealkylation sites (tertiary alicyclic amines) is 1. The number of nitrogens with two attached hydrogens (primary N) is 1. The van der Waals surface area contributed by atoms with Crippen LogP contribution in [0.15, 0.2) is 18.2 Å². The highest BCUT2D eigenvalue weighted by atomic mass is 15.2. The van der Waals surface area contributed by atoms with Gasteiger partial charge in [0.25, 0.3) is 0 Å². The standard InChI is InChI=1S/C15H24N2/c1-11-4-5-15(16)14(9-11)10-17-7-6-12(2)8-13(17)3/h4-5,9,12-13H,6-8,10,16H2,1-3H3.